The number of nitrogens with zero attached hydrogens (tertiary/aromatic N) is 1. The van der Waals surface area contributed by atoms with Crippen LogP contribution in [-0.2, 0) is 16.4 Å². The highest BCUT2D eigenvalue weighted by Crippen LogP contribution is 2.28. The van der Waals surface area contributed by atoms with Gasteiger partial charge in [-0.25, -0.2) is 18.1 Å². The summed E-state index contributed by atoms with van der Waals surface area (Å²) in [4.78, 5) is 5.28. The number of nitrogens with one attached hydrogen (secondary N) is 1. The van der Waals surface area contributed by atoms with Crippen molar-refractivity contribution in [3.8, 4) is 11.5 Å². The van der Waals surface area contributed by atoms with E-state index in [1.165, 1.54) is 20.3 Å². The summed E-state index contributed by atoms with van der Waals surface area (Å²) in [6.07, 6.45) is 2.37. The minimum absolute atomic E-state index is 0.0938. The second kappa shape index (κ2) is 7.08. The number of aryl methyl sites for hydroxylation is 1. The molecule has 22 heavy (non-hydrogen) atoms. The maximum atomic E-state index is 12.4. The normalized spacial score (nSPS) is 11.4. The van der Waals surface area contributed by atoms with E-state index < -0.39 is 10.0 Å². The van der Waals surface area contributed by atoms with Crippen LogP contribution in [0.25, 0.3) is 0 Å². The van der Waals surface area contributed by atoms with E-state index in [2.05, 4.69) is 9.71 Å². The summed E-state index contributed by atoms with van der Waals surface area (Å²) in [5, 5.41) is 0.967. The smallest absolute Gasteiger partial charge is 0.244 e. The number of aromatic nitrogens is 1. The van der Waals surface area contributed by atoms with Crippen molar-refractivity contribution in [2.24, 2.45) is 0 Å². The highest BCUT2D eigenvalue weighted by atomic mass is 32.2. The molecule has 0 radical (unpaired) electrons. The number of ether oxygens (including phenoxy) is 2. The van der Waals surface area contributed by atoms with Gasteiger partial charge in [0.1, 0.15) is 16.4 Å². The lowest BCUT2D eigenvalue weighted by Crippen LogP contribution is -2.26. The Morgan fingerprint density at radius 2 is 2.05 bits per heavy atom. The second-order valence-electron chi connectivity index (χ2n) is 4.51. The monoisotopic (exact) mass is 342 g/mol. The molecule has 0 saturated heterocycles. The Hall–Kier alpha value is -1.64. The molecule has 0 amide bonds. The van der Waals surface area contributed by atoms with E-state index in [4.69, 9.17) is 9.47 Å². The summed E-state index contributed by atoms with van der Waals surface area (Å²) in [7, 11) is -0.701. The molecule has 2 rings (SSSR count). The van der Waals surface area contributed by atoms with Gasteiger partial charge in [-0.05, 0) is 25.5 Å². The fourth-order valence-electron chi connectivity index (χ4n) is 1.90. The zero-order valence-electron chi connectivity index (χ0n) is 12.6. The van der Waals surface area contributed by atoms with Crippen LogP contribution in [-0.4, -0.2) is 34.2 Å². The van der Waals surface area contributed by atoms with Crippen molar-refractivity contribution >= 4 is 21.4 Å². The molecule has 0 unspecified atom stereocenters. The van der Waals surface area contributed by atoms with Gasteiger partial charge >= 0.3 is 0 Å². The third-order valence-corrected chi connectivity index (χ3v) is 5.47. The molecule has 1 aromatic carbocycles. The molecule has 8 heteroatoms. The summed E-state index contributed by atoms with van der Waals surface area (Å²) in [5.41, 5.74) is 0. The molecule has 0 aliphatic carbocycles. The molecule has 0 aliphatic rings. The van der Waals surface area contributed by atoms with Crippen LogP contribution in [0.1, 0.15) is 9.88 Å². The van der Waals surface area contributed by atoms with Crippen LogP contribution in [0, 0.1) is 6.92 Å². The van der Waals surface area contributed by atoms with E-state index in [0.29, 0.717) is 18.7 Å². The molecule has 0 aliphatic heterocycles. The van der Waals surface area contributed by atoms with E-state index in [9.17, 15) is 8.42 Å². The van der Waals surface area contributed by atoms with Gasteiger partial charge in [-0.3, -0.25) is 0 Å². The summed E-state index contributed by atoms with van der Waals surface area (Å²) >= 11 is 1.56. The van der Waals surface area contributed by atoms with Crippen molar-refractivity contribution in [2.75, 3.05) is 20.8 Å². The van der Waals surface area contributed by atoms with Crippen molar-refractivity contribution in [3.63, 3.8) is 0 Å². The first-order valence-corrected chi connectivity index (χ1v) is 8.89. The van der Waals surface area contributed by atoms with Crippen molar-refractivity contribution in [1.29, 1.82) is 0 Å². The number of hydrogen-bond donors (Lipinski definition) is 1. The molecule has 0 atom stereocenters. The van der Waals surface area contributed by atoms with Gasteiger partial charge in [0.2, 0.25) is 10.0 Å². The van der Waals surface area contributed by atoms with Gasteiger partial charge in [-0.1, -0.05) is 0 Å². The highest BCUT2D eigenvalue weighted by Gasteiger charge is 2.19. The molecular weight excluding hydrogens is 324 g/mol. The summed E-state index contributed by atoms with van der Waals surface area (Å²) in [6.45, 7) is 2.22. The standard InChI is InChI=1S/C14H18N2O4S2/c1-10-15-9-12(21-10)6-7-16-22(17,18)14-5-4-11(19-2)8-13(14)20-3/h4-5,8-9,16H,6-7H2,1-3H3. The molecule has 120 valence electrons. The molecule has 0 spiro atoms. The van der Waals surface area contributed by atoms with Gasteiger partial charge in [-0.2, -0.15) is 0 Å². The fourth-order valence-corrected chi connectivity index (χ4v) is 3.88. The molecule has 2 aromatic rings. The van der Waals surface area contributed by atoms with E-state index in [0.717, 1.165) is 9.88 Å². The third kappa shape index (κ3) is 3.96. The van der Waals surface area contributed by atoms with Gasteiger partial charge in [0.25, 0.3) is 0 Å². The Labute approximate surface area is 134 Å². The topological polar surface area (TPSA) is 77.5 Å². The number of sulfonamides is 1. The first-order chi connectivity index (χ1) is 10.5. The first kappa shape index (κ1) is 16.7. The van der Waals surface area contributed by atoms with Gasteiger partial charge in [0.15, 0.2) is 0 Å². The lowest BCUT2D eigenvalue weighted by atomic mass is 10.3. The van der Waals surface area contributed by atoms with Gasteiger partial charge in [0, 0.05) is 23.7 Å². The van der Waals surface area contributed by atoms with E-state index in [1.54, 1.807) is 29.7 Å². The second-order valence-corrected chi connectivity index (χ2v) is 7.56. The van der Waals surface area contributed by atoms with Crippen molar-refractivity contribution < 1.29 is 17.9 Å². The van der Waals surface area contributed by atoms with E-state index in [1.807, 2.05) is 6.92 Å². The average Bonchev–Trinajstić information content (AvgIpc) is 2.91. The lowest BCUT2D eigenvalue weighted by Gasteiger charge is -2.11. The largest absolute Gasteiger partial charge is 0.497 e. The molecule has 1 N–H and O–H groups in total. The number of rotatable bonds is 7. The maximum Gasteiger partial charge on any atom is 0.244 e. The van der Waals surface area contributed by atoms with Crippen LogP contribution in [0.2, 0.25) is 0 Å². The lowest BCUT2D eigenvalue weighted by molar-refractivity contribution is 0.386. The SMILES string of the molecule is COc1ccc(S(=O)(=O)NCCc2cnc(C)s2)c(OC)c1. The Balaban J connectivity index is 2.09. The van der Waals surface area contributed by atoms with Crippen LogP contribution in [0.15, 0.2) is 29.3 Å². The number of methoxy groups -OCH3 is 2. The quantitative estimate of drug-likeness (QED) is 0.832. The number of thiazole rings is 1. The molecular formula is C14H18N2O4S2. The zero-order chi connectivity index (χ0) is 16.2. The Bertz CT molecular complexity index is 741. The van der Waals surface area contributed by atoms with Crippen LogP contribution in [0.3, 0.4) is 0 Å². The summed E-state index contributed by atoms with van der Waals surface area (Å²) in [6, 6.07) is 4.60. The predicted molar refractivity (Wildman–Crippen MR) is 85.3 cm³/mol. The molecule has 1 aromatic heterocycles. The van der Waals surface area contributed by atoms with Gasteiger partial charge < -0.3 is 9.47 Å². The van der Waals surface area contributed by atoms with Crippen molar-refractivity contribution in [1.82, 2.24) is 9.71 Å². The average molecular weight is 342 g/mol. The van der Waals surface area contributed by atoms with Gasteiger partial charge in [0.05, 0.1) is 19.2 Å². The van der Waals surface area contributed by atoms with E-state index >= 15 is 0 Å². The molecule has 0 fully saturated rings. The zero-order valence-corrected chi connectivity index (χ0v) is 14.3. The molecule has 0 bridgehead atoms. The number of hydrogen-bond acceptors (Lipinski definition) is 6. The Morgan fingerprint density at radius 1 is 1.27 bits per heavy atom. The summed E-state index contributed by atoms with van der Waals surface area (Å²) in [5.74, 6) is 0.788. The summed E-state index contributed by atoms with van der Waals surface area (Å²) < 4.78 is 37.5. The van der Waals surface area contributed by atoms with Crippen molar-refractivity contribution in [3.05, 3.63) is 34.3 Å². The van der Waals surface area contributed by atoms with Crippen LogP contribution in [0.4, 0.5) is 0 Å². The van der Waals surface area contributed by atoms with E-state index in [-0.39, 0.29) is 10.6 Å². The fraction of sp³-hybridized carbons (Fsp3) is 0.357. The minimum Gasteiger partial charge on any atom is -0.497 e. The van der Waals surface area contributed by atoms with Crippen LogP contribution < -0.4 is 14.2 Å². The Kier molecular flexibility index (Phi) is 5.38. The minimum atomic E-state index is -3.64. The molecule has 0 saturated carbocycles. The number of benzene rings is 1. The van der Waals surface area contributed by atoms with Crippen molar-refractivity contribution in [2.45, 2.75) is 18.2 Å². The third-order valence-electron chi connectivity index (χ3n) is 2.99. The molecule has 6 nitrogen and oxygen atoms in total. The van der Waals surface area contributed by atoms with Crippen LogP contribution >= 0.6 is 11.3 Å². The maximum absolute atomic E-state index is 12.4. The Morgan fingerprint density at radius 3 is 2.64 bits per heavy atom. The van der Waals surface area contributed by atoms with Gasteiger partial charge in [-0.15, -0.1) is 11.3 Å². The highest BCUT2D eigenvalue weighted by molar-refractivity contribution is 7.89. The van der Waals surface area contributed by atoms with Crippen LogP contribution in [0.5, 0.6) is 11.5 Å². The molecule has 1 heterocycles. The predicted octanol–water partition coefficient (Wildman–Crippen LogP) is 1.99. The first-order valence-electron chi connectivity index (χ1n) is 6.59.